The lowest BCUT2D eigenvalue weighted by atomic mass is 9.69. The molecule has 0 N–H and O–H groups in total. The molecule has 0 spiro atoms. The first-order valence-corrected chi connectivity index (χ1v) is 11.0. The van der Waals surface area contributed by atoms with Gasteiger partial charge in [0.1, 0.15) is 5.82 Å². The number of ether oxygens (including phenoxy) is 1. The van der Waals surface area contributed by atoms with Gasteiger partial charge in [-0.15, -0.1) is 13.2 Å². The number of halogens is 5. The van der Waals surface area contributed by atoms with Crippen LogP contribution < -0.4 is 4.74 Å². The summed E-state index contributed by atoms with van der Waals surface area (Å²) in [6.07, 6.45) is 0.850. The number of unbranched alkanes of at least 4 members (excludes halogenated alkanes) is 2. The minimum absolute atomic E-state index is 0.169. The molecule has 0 aliphatic heterocycles. The molecule has 3 aromatic carbocycles. The molecule has 6 heteroatoms. The van der Waals surface area contributed by atoms with Crippen LogP contribution in [0.1, 0.15) is 61.6 Å². The molecule has 1 aliphatic carbocycles. The fourth-order valence-corrected chi connectivity index (χ4v) is 5.06. The van der Waals surface area contributed by atoms with Gasteiger partial charge in [-0.3, -0.25) is 0 Å². The topological polar surface area (TPSA) is 9.23 Å². The molecule has 0 saturated heterocycles. The van der Waals surface area contributed by atoms with Crippen molar-refractivity contribution in [3.63, 3.8) is 0 Å². The van der Waals surface area contributed by atoms with Crippen molar-refractivity contribution >= 4 is 10.8 Å². The third-order valence-electron chi connectivity index (χ3n) is 6.45. The van der Waals surface area contributed by atoms with Crippen LogP contribution in [0, 0.1) is 17.6 Å². The Hall–Kier alpha value is -2.63. The first-order chi connectivity index (χ1) is 15.3. The number of rotatable bonds is 6. The Bertz CT molecular complexity index is 1110. The van der Waals surface area contributed by atoms with Crippen LogP contribution in [-0.2, 0) is 6.42 Å². The van der Waals surface area contributed by atoms with E-state index in [9.17, 15) is 22.0 Å². The number of hydrogen-bond acceptors (Lipinski definition) is 1. The zero-order valence-electron chi connectivity index (χ0n) is 17.8. The van der Waals surface area contributed by atoms with Gasteiger partial charge in [0, 0.05) is 11.3 Å². The molecular weight excluding hydrogens is 423 g/mol. The van der Waals surface area contributed by atoms with Gasteiger partial charge in [-0.05, 0) is 65.5 Å². The van der Waals surface area contributed by atoms with Gasteiger partial charge >= 0.3 is 6.36 Å². The van der Waals surface area contributed by atoms with Gasteiger partial charge in [0.2, 0.25) is 0 Å². The van der Waals surface area contributed by atoms with E-state index in [1.54, 1.807) is 12.1 Å². The van der Waals surface area contributed by atoms with E-state index < -0.39 is 17.9 Å². The minimum Gasteiger partial charge on any atom is -0.403 e. The third-order valence-corrected chi connectivity index (χ3v) is 6.45. The van der Waals surface area contributed by atoms with Gasteiger partial charge in [0.25, 0.3) is 0 Å². The Balaban J connectivity index is 1.78. The predicted octanol–water partition coefficient (Wildman–Crippen LogP) is 8.29. The van der Waals surface area contributed by atoms with Crippen LogP contribution in [0.2, 0.25) is 0 Å². The van der Waals surface area contributed by atoms with Crippen molar-refractivity contribution in [3.8, 4) is 5.75 Å². The maximum Gasteiger partial charge on any atom is 0.573 e. The summed E-state index contributed by atoms with van der Waals surface area (Å²) in [6.45, 7) is 2.13. The van der Waals surface area contributed by atoms with Crippen LogP contribution in [0.4, 0.5) is 22.0 Å². The molecule has 0 radical (unpaired) electrons. The molecule has 0 fully saturated rings. The van der Waals surface area contributed by atoms with E-state index >= 15 is 0 Å². The smallest absolute Gasteiger partial charge is 0.403 e. The van der Waals surface area contributed by atoms with Gasteiger partial charge in [-0.25, -0.2) is 8.78 Å². The highest BCUT2D eigenvalue weighted by molar-refractivity contribution is 5.88. The van der Waals surface area contributed by atoms with Crippen LogP contribution in [0.5, 0.6) is 5.75 Å². The minimum atomic E-state index is -4.95. The van der Waals surface area contributed by atoms with Gasteiger partial charge in [-0.1, -0.05) is 56.5 Å². The van der Waals surface area contributed by atoms with Crippen LogP contribution in [0.3, 0.4) is 0 Å². The molecule has 0 unspecified atom stereocenters. The Kier molecular flexibility index (Phi) is 6.40. The number of alkyl halides is 3. The van der Waals surface area contributed by atoms with E-state index in [0.29, 0.717) is 10.9 Å². The van der Waals surface area contributed by atoms with Crippen molar-refractivity contribution in [3.05, 3.63) is 76.9 Å². The molecule has 3 aromatic rings. The molecule has 0 aromatic heterocycles. The summed E-state index contributed by atoms with van der Waals surface area (Å²) >= 11 is 0. The third kappa shape index (κ3) is 4.59. The van der Waals surface area contributed by atoms with Crippen molar-refractivity contribution in [1.82, 2.24) is 0 Å². The molecule has 32 heavy (non-hydrogen) atoms. The molecule has 0 saturated carbocycles. The lowest BCUT2D eigenvalue weighted by molar-refractivity contribution is -0.275. The standard InChI is InChI=1S/C26H25F5O/c1-2-3-4-6-16-9-11-19-18-7-5-8-22(27)20(18)12-13-21(19)25(16)17-10-14-24(23(28)15-17)32-26(29,30)31/h5,7-8,10,12-16,25H,2-4,6,9,11H2,1H3/t16-,25-/m1/s1. The number of hydrogen-bond donors (Lipinski definition) is 0. The number of benzene rings is 3. The second kappa shape index (κ2) is 9.08. The number of fused-ring (bicyclic) bond motifs is 3. The molecule has 2 atom stereocenters. The molecule has 0 heterocycles. The summed E-state index contributed by atoms with van der Waals surface area (Å²) in [4.78, 5) is 0. The Labute approximate surface area is 184 Å². The average molecular weight is 448 g/mol. The van der Waals surface area contributed by atoms with Crippen LogP contribution in [0.25, 0.3) is 10.8 Å². The molecule has 1 nitrogen and oxygen atoms in total. The van der Waals surface area contributed by atoms with Gasteiger partial charge in [0.15, 0.2) is 11.6 Å². The average Bonchev–Trinajstić information content (AvgIpc) is 2.74. The van der Waals surface area contributed by atoms with Crippen molar-refractivity contribution in [1.29, 1.82) is 0 Å². The lowest BCUT2D eigenvalue weighted by Crippen LogP contribution is -2.23. The van der Waals surface area contributed by atoms with Crippen LogP contribution in [0.15, 0.2) is 48.5 Å². The molecule has 0 bridgehead atoms. The highest BCUT2D eigenvalue weighted by Crippen LogP contribution is 2.46. The first-order valence-electron chi connectivity index (χ1n) is 11.0. The molecule has 0 amide bonds. The lowest BCUT2D eigenvalue weighted by Gasteiger charge is -2.35. The maximum atomic E-state index is 14.6. The van der Waals surface area contributed by atoms with Crippen LogP contribution >= 0.6 is 0 Å². The fourth-order valence-electron chi connectivity index (χ4n) is 5.06. The van der Waals surface area contributed by atoms with E-state index in [-0.39, 0.29) is 17.7 Å². The Morgan fingerprint density at radius 2 is 1.75 bits per heavy atom. The van der Waals surface area contributed by atoms with E-state index in [2.05, 4.69) is 11.7 Å². The Morgan fingerprint density at radius 1 is 0.938 bits per heavy atom. The van der Waals surface area contributed by atoms with E-state index in [4.69, 9.17) is 0 Å². The number of aryl methyl sites for hydroxylation is 1. The van der Waals surface area contributed by atoms with Gasteiger partial charge in [-0.2, -0.15) is 0 Å². The molecule has 170 valence electrons. The SMILES string of the molecule is CCCCC[C@@H]1CCc2c(ccc3c(F)cccc23)[C@H]1c1ccc(OC(F)(F)F)c(F)c1. The zero-order valence-corrected chi connectivity index (χ0v) is 17.8. The van der Waals surface area contributed by atoms with Gasteiger partial charge < -0.3 is 4.74 Å². The zero-order chi connectivity index (χ0) is 22.9. The Morgan fingerprint density at radius 3 is 2.47 bits per heavy atom. The summed E-state index contributed by atoms with van der Waals surface area (Å²) in [5, 5.41) is 1.39. The summed E-state index contributed by atoms with van der Waals surface area (Å²) in [5.74, 6) is -2.09. The highest BCUT2D eigenvalue weighted by atomic mass is 19.4. The largest absolute Gasteiger partial charge is 0.573 e. The van der Waals surface area contributed by atoms with Crippen molar-refractivity contribution in [2.24, 2.45) is 5.92 Å². The fraction of sp³-hybridized carbons (Fsp3) is 0.385. The van der Waals surface area contributed by atoms with Crippen molar-refractivity contribution in [2.75, 3.05) is 0 Å². The molecule has 4 rings (SSSR count). The predicted molar refractivity (Wildman–Crippen MR) is 115 cm³/mol. The van der Waals surface area contributed by atoms with E-state index in [0.717, 1.165) is 67.2 Å². The normalized spacial score (nSPS) is 18.6. The first kappa shape index (κ1) is 22.6. The van der Waals surface area contributed by atoms with Crippen molar-refractivity contribution < 1.29 is 26.7 Å². The molecule has 1 aliphatic rings. The van der Waals surface area contributed by atoms with Crippen LogP contribution in [-0.4, -0.2) is 6.36 Å². The summed E-state index contributed by atoms with van der Waals surface area (Å²) in [5.41, 5.74) is 2.66. The summed E-state index contributed by atoms with van der Waals surface area (Å²) in [6, 6.07) is 12.4. The maximum absolute atomic E-state index is 14.6. The van der Waals surface area contributed by atoms with E-state index in [1.807, 2.05) is 12.1 Å². The van der Waals surface area contributed by atoms with Crippen molar-refractivity contribution in [2.45, 2.75) is 57.7 Å². The second-order valence-corrected chi connectivity index (χ2v) is 8.48. The second-order valence-electron chi connectivity index (χ2n) is 8.48. The monoisotopic (exact) mass is 448 g/mol. The quantitative estimate of drug-likeness (QED) is 0.272. The molecular formula is C26H25F5O. The highest BCUT2D eigenvalue weighted by Gasteiger charge is 2.34. The van der Waals surface area contributed by atoms with Gasteiger partial charge in [0.05, 0.1) is 0 Å². The van der Waals surface area contributed by atoms with E-state index in [1.165, 1.54) is 12.1 Å². The summed E-state index contributed by atoms with van der Waals surface area (Å²) < 4.78 is 70.4. The summed E-state index contributed by atoms with van der Waals surface area (Å²) in [7, 11) is 0.